The van der Waals surface area contributed by atoms with Gasteiger partial charge in [-0.2, -0.15) is 5.26 Å². The third-order valence-electron chi connectivity index (χ3n) is 4.07. The number of carbonyl (C=O) groups excluding carboxylic acids is 1. The first-order valence-corrected chi connectivity index (χ1v) is 7.78. The van der Waals surface area contributed by atoms with Gasteiger partial charge in [0.25, 0.3) is 0 Å². The molecule has 0 aromatic carbocycles. The Morgan fingerprint density at radius 1 is 1.29 bits per heavy atom. The first-order chi connectivity index (χ1) is 9.85. The molecule has 0 radical (unpaired) electrons. The quantitative estimate of drug-likeness (QED) is 0.699. The van der Waals surface area contributed by atoms with Gasteiger partial charge in [-0.25, -0.2) is 0 Å². The van der Waals surface area contributed by atoms with Gasteiger partial charge in [0, 0.05) is 12.0 Å². The van der Waals surface area contributed by atoms with E-state index in [2.05, 4.69) is 19.2 Å². The van der Waals surface area contributed by atoms with E-state index >= 15 is 0 Å². The van der Waals surface area contributed by atoms with E-state index in [1.807, 2.05) is 6.07 Å². The van der Waals surface area contributed by atoms with Gasteiger partial charge in [0.2, 0.25) is 5.91 Å². The highest BCUT2D eigenvalue weighted by Crippen LogP contribution is 2.37. The summed E-state index contributed by atoms with van der Waals surface area (Å²) < 4.78 is 11.3. The molecule has 5 nitrogen and oxygen atoms in total. The fourth-order valence-corrected chi connectivity index (χ4v) is 2.66. The Kier molecular flexibility index (Phi) is 6.63. The summed E-state index contributed by atoms with van der Waals surface area (Å²) in [5.41, 5.74) is -0.981. The maximum atomic E-state index is 11.8. The highest BCUT2D eigenvalue weighted by atomic mass is 16.7. The Bertz CT molecular complexity index is 383. The maximum Gasteiger partial charge on any atom is 0.239 e. The summed E-state index contributed by atoms with van der Waals surface area (Å²) in [4.78, 5) is 11.8. The number of hydrogen-bond donors (Lipinski definition) is 1. The van der Waals surface area contributed by atoms with Crippen molar-refractivity contribution >= 4 is 5.91 Å². The predicted molar refractivity (Wildman–Crippen MR) is 80.3 cm³/mol. The predicted octanol–water partition coefficient (Wildman–Crippen LogP) is 2.61. The van der Waals surface area contributed by atoms with E-state index in [1.165, 1.54) is 0 Å². The summed E-state index contributed by atoms with van der Waals surface area (Å²) in [5, 5.41) is 11.8. The third-order valence-corrected chi connectivity index (χ3v) is 4.07. The van der Waals surface area contributed by atoms with E-state index in [-0.39, 0.29) is 17.6 Å². The van der Waals surface area contributed by atoms with Gasteiger partial charge in [-0.3, -0.25) is 4.79 Å². The molecule has 0 bridgehead atoms. The molecule has 1 amide bonds. The standard InChI is InChI=1S/C16H28N2O3/c1-5-7-16(4,14-20-10-11-21-14)8-6-9-18-13(19)15(2,3)12-17/h14H,5-11H2,1-4H3,(H,18,19)/t16-/m0/s1. The molecule has 1 aliphatic heterocycles. The van der Waals surface area contributed by atoms with Crippen LogP contribution in [-0.4, -0.2) is 32.0 Å². The van der Waals surface area contributed by atoms with Crippen LogP contribution in [0.15, 0.2) is 0 Å². The average molecular weight is 296 g/mol. The highest BCUT2D eigenvalue weighted by Gasteiger charge is 2.37. The van der Waals surface area contributed by atoms with Crippen LogP contribution in [0.3, 0.4) is 0 Å². The number of amides is 1. The molecule has 0 spiro atoms. The molecule has 1 fully saturated rings. The van der Waals surface area contributed by atoms with Crippen LogP contribution in [0.1, 0.15) is 53.4 Å². The monoisotopic (exact) mass is 296 g/mol. The van der Waals surface area contributed by atoms with Gasteiger partial charge >= 0.3 is 0 Å². The summed E-state index contributed by atoms with van der Waals surface area (Å²) in [6, 6.07) is 2.01. The maximum absolute atomic E-state index is 11.8. The van der Waals surface area contributed by atoms with Crippen molar-refractivity contribution in [3.05, 3.63) is 0 Å². The highest BCUT2D eigenvalue weighted by molar-refractivity contribution is 5.84. The molecule has 0 saturated carbocycles. The second-order valence-corrected chi connectivity index (χ2v) is 6.57. The Hall–Kier alpha value is -1.12. The molecule has 1 N–H and O–H groups in total. The minimum Gasteiger partial charge on any atom is -0.355 e. The molecule has 5 heteroatoms. The molecule has 1 saturated heterocycles. The van der Waals surface area contributed by atoms with Crippen LogP contribution < -0.4 is 5.32 Å². The second kappa shape index (κ2) is 7.77. The average Bonchev–Trinajstić information content (AvgIpc) is 2.98. The van der Waals surface area contributed by atoms with Crippen LogP contribution in [-0.2, 0) is 14.3 Å². The third kappa shape index (κ3) is 4.98. The van der Waals surface area contributed by atoms with E-state index in [1.54, 1.807) is 13.8 Å². The van der Waals surface area contributed by atoms with Crippen molar-refractivity contribution in [2.24, 2.45) is 10.8 Å². The van der Waals surface area contributed by atoms with Gasteiger partial charge in [0.1, 0.15) is 5.41 Å². The minimum absolute atomic E-state index is 0.0132. The van der Waals surface area contributed by atoms with Gasteiger partial charge in [0.15, 0.2) is 6.29 Å². The smallest absolute Gasteiger partial charge is 0.239 e. The van der Waals surface area contributed by atoms with Crippen LogP contribution >= 0.6 is 0 Å². The van der Waals surface area contributed by atoms with Crippen LogP contribution in [0.4, 0.5) is 0 Å². The number of hydrogen-bond acceptors (Lipinski definition) is 4. The number of nitriles is 1. The van der Waals surface area contributed by atoms with Crippen molar-refractivity contribution in [3.63, 3.8) is 0 Å². The Morgan fingerprint density at radius 2 is 1.90 bits per heavy atom. The first-order valence-electron chi connectivity index (χ1n) is 7.78. The van der Waals surface area contributed by atoms with Crippen molar-refractivity contribution in [1.29, 1.82) is 5.26 Å². The van der Waals surface area contributed by atoms with Gasteiger partial charge in [-0.1, -0.05) is 20.3 Å². The van der Waals surface area contributed by atoms with E-state index < -0.39 is 5.41 Å². The van der Waals surface area contributed by atoms with E-state index in [9.17, 15) is 4.79 Å². The summed E-state index contributed by atoms with van der Waals surface area (Å²) in [6.07, 6.45) is 3.76. The lowest BCUT2D eigenvalue weighted by Gasteiger charge is -2.34. The zero-order chi connectivity index (χ0) is 15.9. The van der Waals surface area contributed by atoms with Crippen LogP contribution in [0.2, 0.25) is 0 Å². The van der Waals surface area contributed by atoms with Gasteiger partial charge < -0.3 is 14.8 Å². The topological polar surface area (TPSA) is 71.4 Å². The SMILES string of the molecule is CCC[C@@](C)(CCCNC(=O)C(C)(C)C#N)C1OCCO1. The Balaban J connectivity index is 2.41. The Labute approximate surface area is 128 Å². The first kappa shape index (κ1) is 17.9. The molecule has 1 rings (SSSR count). The lowest BCUT2D eigenvalue weighted by Crippen LogP contribution is -2.38. The summed E-state index contributed by atoms with van der Waals surface area (Å²) >= 11 is 0. The van der Waals surface area contributed by atoms with Crippen molar-refractivity contribution in [2.75, 3.05) is 19.8 Å². The summed E-state index contributed by atoms with van der Waals surface area (Å²) in [5.74, 6) is -0.212. The number of nitrogens with one attached hydrogen (secondary N) is 1. The molecule has 1 atom stereocenters. The van der Waals surface area contributed by atoms with Gasteiger partial charge in [0.05, 0.1) is 19.3 Å². The molecule has 1 aliphatic rings. The molecular weight excluding hydrogens is 268 g/mol. The number of carbonyl (C=O) groups is 1. The van der Waals surface area contributed by atoms with Gasteiger partial charge in [-0.05, 0) is 33.1 Å². The fourth-order valence-electron chi connectivity index (χ4n) is 2.66. The minimum atomic E-state index is -0.968. The number of ether oxygens (including phenoxy) is 2. The Morgan fingerprint density at radius 3 is 2.43 bits per heavy atom. The molecule has 1 heterocycles. The number of nitrogens with zero attached hydrogens (tertiary/aromatic N) is 1. The zero-order valence-corrected chi connectivity index (χ0v) is 13.7. The molecule has 0 aliphatic carbocycles. The van der Waals surface area contributed by atoms with E-state index in [4.69, 9.17) is 14.7 Å². The molecule has 120 valence electrons. The van der Waals surface area contributed by atoms with E-state index in [0.29, 0.717) is 19.8 Å². The van der Waals surface area contributed by atoms with E-state index in [0.717, 1.165) is 25.7 Å². The molecule has 0 aromatic heterocycles. The van der Waals surface area contributed by atoms with Crippen molar-refractivity contribution in [1.82, 2.24) is 5.32 Å². The molecular formula is C16H28N2O3. The van der Waals surface area contributed by atoms with Crippen LogP contribution in [0, 0.1) is 22.2 Å². The fraction of sp³-hybridized carbons (Fsp3) is 0.875. The van der Waals surface area contributed by atoms with Crippen molar-refractivity contribution in [3.8, 4) is 6.07 Å². The number of rotatable bonds is 8. The zero-order valence-electron chi connectivity index (χ0n) is 13.7. The molecule has 21 heavy (non-hydrogen) atoms. The summed E-state index contributed by atoms with van der Waals surface area (Å²) in [7, 11) is 0. The van der Waals surface area contributed by atoms with Crippen molar-refractivity contribution < 1.29 is 14.3 Å². The van der Waals surface area contributed by atoms with Crippen molar-refractivity contribution in [2.45, 2.75) is 59.7 Å². The summed E-state index contributed by atoms with van der Waals surface area (Å²) in [6.45, 7) is 9.51. The second-order valence-electron chi connectivity index (χ2n) is 6.57. The lowest BCUT2D eigenvalue weighted by molar-refractivity contribution is -0.133. The molecule has 0 aromatic rings. The lowest BCUT2D eigenvalue weighted by atomic mass is 9.80. The normalized spacial score (nSPS) is 19.0. The molecule has 0 unspecified atom stereocenters. The van der Waals surface area contributed by atoms with Crippen LogP contribution in [0.5, 0.6) is 0 Å². The van der Waals surface area contributed by atoms with Gasteiger partial charge in [-0.15, -0.1) is 0 Å². The largest absolute Gasteiger partial charge is 0.355 e. The van der Waals surface area contributed by atoms with Crippen LogP contribution in [0.25, 0.3) is 0 Å².